The number of amides is 2. The van der Waals surface area contributed by atoms with Crippen LogP contribution in [-0.4, -0.2) is 61.2 Å². The fraction of sp³-hybridized carbons (Fsp3) is 0.333. The van der Waals surface area contributed by atoms with E-state index in [1.165, 1.54) is 23.6 Å². The van der Waals surface area contributed by atoms with Crippen molar-refractivity contribution >= 4 is 39.3 Å². The number of sulfonamides is 1. The molecule has 3 rings (SSSR count). The van der Waals surface area contributed by atoms with E-state index in [4.69, 9.17) is 0 Å². The lowest BCUT2D eigenvalue weighted by Crippen LogP contribution is -2.37. The third-order valence-electron chi connectivity index (χ3n) is 4.56. The molecule has 2 heterocycles. The van der Waals surface area contributed by atoms with Gasteiger partial charge in [0.2, 0.25) is 10.0 Å². The molecule has 2 aromatic rings. The predicted molar refractivity (Wildman–Crippen MR) is 109 cm³/mol. The Balaban J connectivity index is 1.79. The van der Waals surface area contributed by atoms with Crippen molar-refractivity contribution in [2.24, 2.45) is 0 Å². The van der Waals surface area contributed by atoms with E-state index in [9.17, 15) is 18.0 Å². The molecule has 1 fully saturated rings. The highest BCUT2D eigenvalue weighted by atomic mass is 32.2. The van der Waals surface area contributed by atoms with Crippen molar-refractivity contribution in [3.8, 4) is 0 Å². The van der Waals surface area contributed by atoms with E-state index in [2.05, 4.69) is 15.6 Å². The number of aromatic amines is 1. The van der Waals surface area contributed by atoms with Crippen LogP contribution >= 0.6 is 11.8 Å². The van der Waals surface area contributed by atoms with Crippen LogP contribution in [0, 0.1) is 6.92 Å². The zero-order chi connectivity index (χ0) is 20.3. The van der Waals surface area contributed by atoms with E-state index in [1.54, 1.807) is 36.9 Å². The third kappa shape index (κ3) is 4.08. The van der Waals surface area contributed by atoms with E-state index < -0.39 is 15.9 Å². The van der Waals surface area contributed by atoms with Crippen LogP contribution < -0.4 is 10.6 Å². The Kier molecular flexibility index (Phi) is 6.11. The first-order valence-electron chi connectivity index (χ1n) is 8.74. The van der Waals surface area contributed by atoms with Crippen LogP contribution in [-0.2, 0) is 10.0 Å². The van der Waals surface area contributed by atoms with Crippen LogP contribution in [0.25, 0.3) is 0 Å². The summed E-state index contributed by atoms with van der Waals surface area (Å²) in [7, 11) is -2.08. The SMILES string of the molecule is CNC(=O)c1cccc(NC(=O)c2cc(S(=O)(=O)N3CCSCC3)c[nH]2)c1C. The van der Waals surface area contributed by atoms with Crippen molar-refractivity contribution in [3.05, 3.63) is 47.3 Å². The highest BCUT2D eigenvalue weighted by Gasteiger charge is 2.28. The van der Waals surface area contributed by atoms with Crippen molar-refractivity contribution in [2.45, 2.75) is 11.8 Å². The average molecular weight is 423 g/mol. The molecule has 0 atom stereocenters. The Morgan fingerprint density at radius 1 is 1.18 bits per heavy atom. The van der Waals surface area contributed by atoms with Crippen molar-refractivity contribution in [1.29, 1.82) is 0 Å². The Hall–Kier alpha value is -2.30. The Labute approximate surface area is 168 Å². The topological polar surface area (TPSA) is 111 Å². The maximum absolute atomic E-state index is 12.7. The predicted octanol–water partition coefficient (Wildman–Crippen LogP) is 1.67. The largest absolute Gasteiger partial charge is 0.356 e. The average Bonchev–Trinajstić information content (AvgIpc) is 3.21. The van der Waals surface area contributed by atoms with E-state index in [0.29, 0.717) is 29.9 Å². The van der Waals surface area contributed by atoms with Crippen LogP contribution in [0.4, 0.5) is 5.69 Å². The highest BCUT2D eigenvalue weighted by Crippen LogP contribution is 2.23. The lowest BCUT2D eigenvalue weighted by molar-refractivity contribution is 0.0960. The number of anilines is 1. The third-order valence-corrected chi connectivity index (χ3v) is 7.38. The van der Waals surface area contributed by atoms with Crippen molar-refractivity contribution in [1.82, 2.24) is 14.6 Å². The number of rotatable bonds is 5. The summed E-state index contributed by atoms with van der Waals surface area (Å²) in [6, 6.07) is 6.36. The number of aromatic nitrogens is 1. The second-order valence-corrected chi connectivity index (χ2v) is 9.44. The van der Waals surface area contributed by atoms with Gasteiger partial charge in [-0.1, -0.05) is 6.07 Å². The number of thioether (sulfide) groups is 1. The van der Waals surface area contributed by atoms with E-state index in [-0.39, 0.29) is 16.5 Å². The first kappa shape index (κ1) is 20.4. The molecule has 150 valence electrons. The molecule has 0 saturated carbocycles. The van der Waals surface area contributed by atoms with Crippen LogP contribution in [0.5, 0.6) is 0 Å². The molecule has 1 aromatic heterocycles. The first-order chi connectivity index (χ1) is 13.3. The highest BCUT2D eigenvalue weighted by molar-refractivity contribution is 7.99. The van der Waals surface area contributed by atoms with Gasteiger partial charge < -0.3 is 15.6 Å². The number of nitrogens with one attached hydrogen (secondary N) is 3. The van der Waals surface area contributed by atoms with E-state index in [1.807, 2.05) is 0 Å². The molecule has 0 bridgehead atoms. The van der Waals surface area contributed by atoms with Gasteiger partial charge in [-0.3, -0.25) is 9.59 Å². The van der Waals surface area contributed by atoms with Crippen LogP contribution in [0.15, 0.2) is 35.4 Å². The summed E-state index contributed by atoms with van der Waals surface area (Å²) < 4.78 is 26.9. The molecule has 0 unspecified atom stereocenters. The van der Waals surface area contributed by atoms with Crippen molar-refractivity contribution in [2.75, 3.05) is 37.0 Å². The molecule has 28 heavy (non-hydrogen) atoms. The van der Waals surface area contributed by atoms with Gasteiger partial charge in [0.05, 0.1) is 0 Å². The molecular weight excluding hydrogens is 400 g/mol. The summed E-state index contributed by atoms with van der Waals surface area (Å²) >= 11 is 1.72. The standard InChI is InChI=1S/C18H22N4O4S2/c1-12-14(17(23)19-2)4-3-5-15(12)21-18(24)16-10-13(11-20-16)28(25,26)22-6-8-27-9-7-22/h3-5,10-11,20H,6-9H2,1-2H3,(H,19,23)(H,21,24). The summed E-state index contributed by atoms with van der Waals surface area (Å²) in [6.07, 6.45) is 1.33. The second-order valence-electron chi connectivity index (χ2n) is 6.28. The number of hydrogen-bond acceptors (Lipinski definition) is 5. The first-order valence-corrected chi connectivity index (χ1v) is 11.3. The number of benzene rings is 1. The number of carbonyl (C=O) groups is 2. The van der Waals surface area contributed by atoms with Gasteiger partial charge in [-0.15, -0.1) is 0 Å². The van der Waals surface area contributed by atoms with Gasteiger partial charge in [-0.2, -0.15) is 16.1 Å². The summed E-state index contributed by atoms with van der Waals surface area (Å²) in [6.45, 7) is 2.66. The van der Waals surface area contributed by atoms with Gasteiger partial charge in [0.15, 0.2) is 0 Å². The monoisotopic (exact) mass is 422 g/mol. The number of nitrogens with zero attached hydrogens (tertiary/aromatic N) is 1. The lowest BCUT2D eigenvalue weighted by Gasteiger charge is -2.24. The van der Waals surface area contributed by atoms with Crippen LogP contribution in [0.2, 0.25) is 0 Å². The van der Waals surface area contributed by atoms with Gasteiger partial charge in [-0.05, 0) is 30.7 Å². The van der Waals surface area contributed by atoms with Gasteiger partial charge in [-0.25, -0.2) is 8.42 Å². The normalized spacial score (nSPS) is 15.2. The second kappa shape index (κ2) is 8.38. The number of carbonyl (C=O) groups excluding carboxylic acids is 2. The minimum Gasteiger partial charge on any atom is -0.356 e. The molecule has 1 saturated heterocycles. The van der Waals surface area contributed by atoms with E-state index >= 15 is 0 Å². The molecule has 0 radical (unpaired) electrons. The molecule has 3 N–H and O–H groups in total. The fourth-order valence-corrected chi connectivity index (χ4v) is 5.50. The van der Waals surface area contributed by atoms with Gasteiger partial charge >= 0.3 is 0 Å². The Morgan fingerprint density at radius 2 is 1.89 bits per heavy atom. The molecule has 1 aromatic carbocycles. The summed E-state index contributed by atoms with van der Waals surface area (Å²) in [5.41, 5.74) is 1.70. The molecule has 10 heteroatoms. The lowest BCUT2D eigenvalue weighted by atomic mass is 10.1. The van der Waals surface area contributed by atoms with Crippen LogP contribution in [0.1, 0.15) is 26.4 Å². The molecule has 1 aliphatic heterocycles. The summed E-state index contributed by atoms with van der Waals surface area (Å²) in [4.78, 5) is 27.3. The van der Waals surface area contributed by atoms with E-state index in [0.717, 1.165) is 11.5 Å². The molecule has 2 amide bonds. The minimum atomic E-state index is -3.62. The Bertz CT molecular complexity index is 995. The molecule has 0 spiro atoms. The fourth-order valence-electron chi connectivity index (χ4n) is 2.93. The van der Waals surface area contributed by atoms with Gasteiger partial charge in [0.1, 0.15) is 10.6 Å². The quantitative estimate of drug-likeness (QED) is 0.679. The zero-order valence-electron chi connectivity index (χ0n) is 15.6. The van der Waals surface area contributed by atoms with Crippen LogP contribution in [0.3, 0.4) is 0 Å². The summed E-state index contributed by atoms with van der Waals surface area (Å²) in [5.74, 6) is 0.796. The minimum absolute atomic E-state index is 0.0698. The van der Waals surface area contributed by atoms with Gasteiger partial charge in [0, 0.05) is 49.1 Å². The smallest absolute Gasteiger partial charge is 0.272 e. The molecule has 8 nitrogen and oxygen atoms in total. The maximum Gasteiger partial charge on any atom is 0.272 e. The number of H-pyrrole nitrogens is 1. The molecule has 0 aliphatic carbocycles. The zero-order valence-corrected chi connectivity index (χ0v) is 17.2. The van der Waals surface area contributed by atoms with Gasteiger partial charge in [0.25, 0.3) is 11.8 Å². The molecular formula is C18H22N4O4S2. The Morgan fingerprint density at radius 3 is 2.57 bits per heavy atom. The van der Waals surface area contributed by atoms with Crippen molar-refractivity contribution < 1.29 is 18.0 Å². The molecule has 1 aliphatic rings. The van der Waals surface area contributed by atoms with Crippen molar-refractivity contribution in [3.63, 3.8) is 0 Å². The number of hydrogen-bond donors (Lipinski definition) is 3. The summed E-state index contributed by atoms with van der Waals surface area (Å²) in [5, 5.41) is 5.28. The maximum atomic E-state index is 12.7.